The number of rotatable bonds is 7. The van der Waals surface area contributed by atoms with Crippen LogP contribution in [0.1, 0.15) is 43.5 Å². The summed E-state index contributed by atoms with van der Waals surface area (Å²) in [6, 6.07) is 0. The Kier molecular flexibility index (Phi) is 5.37. The minimum atomic E-state index is -1.03. The van der Waals surface area contributed by atoms with Crippen molar-refractivity contribution in [2.45, 2.75) is 52.6 Å². The van der Waals surface area contributed by atoms with Gasteiger partial charge in [0.25, 0.3) is 5.69 Å². The van der Waals surface area contributed by atoms with Gasteiger partial charge in [-0.15, -0.1) is 0 Å². The summed E-state index contributed by atoms with van der Waals surface area (Å²) in [5.74, 6) is -0.924. The summed E-state index contributed by atoms with van der Waals surface area (Å²) in [6.45, 7) is 7.04. The van der Waals surface area contributed by atoms with Gasteiger partial charge in [-0.1, -0.05) is 13.8 Å². The van der Waals surface area contributed by atoms with E-state index in [4.69, 9.17) is 0 Å². The van der Waals surface area contributed by atoms with Crippen LogP contribution in [0.4, 0.5) is 5.69 Å². The molecule has 0 amide bonds. The molecule has 7 heteroatoms. The minimum Gasteiger partial charge on any atom is -0.480 e. The molecule has 0 saturated heterocycles. The van der Waals surface area contributed by atoms with Crippen LogP contribution in [0.2, 0.25) is 0 Å². The molecule has 2 N–H and O–H groups in total. The van der Waals surface area contributed by atoms with Crippen molar-refractivity contribution in [2.75, 3.05) is 0 Å². The predicted octanol–water partition coefficient (Wildman–Crippen LogP) is 2.34. The number of carboxylic acid groups (broad SMARTS) is 1. The van der Waals surface area contributed by atoms with Gasteiger partial charge in [-0.2, -0.15) is 0 Å². The summed E-state index contributed by atoms with van der Waals surface area (Å²) >= 11 is 0. The predicted molar refractivity (Wildman–Crippen MR) is 78.2 cm³/mol. The SMILES string of the molecule is CCC(CC)(NCc1ncc(C)c([N+](=O)[O-])c1C)C(=O)O. The lowest BCUT2D eigenvalue weighted by Gasteiger charge is -2.28. The maximum Gasteiger partial charge on any atom is 0.323 e. The van der Waals surface area contributed by atoms with Gasteiger partial charge in [-0.05, 0) is 26.7 Å². The number of aliphatic carboxylic acids is 1. The fraction of sp³-hybridized carbons (Fsp3) is 0.571. The summed E-state index contributed by atoms with van der Waals surface area (Å²) in [5.41, 5.74) is 0.472. The summed E-state index contributed by atoms with van der Waals surface area (Å²) in [5, 5.41) is 23.4. The molecule has 0 spiro atoms. The van der Waals surface area contributed by atoms with Gasteiger partial charge in [0.15, 0.2) is 0 Å². The van der Waals surface area contributed by atoms with Crippen molar-refractivity contribution in [3.63, 3.8) is 0 Å². The van der Waals surface area contributed by atoms with E-state index in [2.05, 4.69) is 10.3 Å². The van der Waals surface area contributed by atoms with Gasteiger partial charge < -0.3 is 5.11 Å². The third-order valence-corrected chi connectivity index (χ3v) is 3.97. The zero-order chi connectivity index (χ0) is 16.2. The van der Waals surface area contributed by atoms with Gasteiger partial charge in [-0.3, -0.25) is 25.2 Å². The maximum absolute atomic E-state index is 11.4. The number of carbonyl (C=O) groups is 1. The molecular formula is C14H21N3O4. The maximum atomic E-state index is 11.4. The Bertz CT molecular complexity index is 553. The van der Waals surface area contributed by atoms with Crippen LogP contribution in [0, 0.1) is 24.0 Å². The molecule has 7 nitrogen and oxygen atoms in total. The quantitative estimate of drug-likeness (QED) is 0.591. The Balaban J connectivity index is 3.07. The van der Waals surface area contributed by atoms with E-state index in [-0.39, 0.29) is 12.2 Å². The first-order valence-electron chi connectivity index (χ1n) is 6.87. The van der Waals surface area contributed by atoms with Crippen molar-refractivity contribution in [2.24, 2.45) is 0 Å². The lowest BCUT2D eigenvalue weighted by molar-refractivity contribution is -0.386. The van der Waals surface area contributed by atoms with Crippen molar-refractivity contribution in [1.29, 1.82) is 0 Å². The van der Waals surface area contributed by atoms with Crippen LogP contribution in [0.3, 0.4) is 0 Å². The topological polar surface area (TPSA) is 105 Å². The minimum absolute atomic E-state index is 0.0377. The van der Waals surface area contributed by atoms with Gasteiger partial charge in [-0.25, -0.2) is 0 Å². The van der Waals surface area contributed by atoms with E-state index in [1.807, 2.05) is 0 Å². The van der Waals surface area contributed by atoms with Crippen LogP contribution >= 0.6 is 0 Å². The van der Waals surface area contributed by atoms with Crippen molar-refractivity contribution in [3.05, 3.63) is 33.1 Å². The normalized spacial score (nSPS) is 11.4. The molecule has 0 aliphatic heterocycles. The first-order chi connectivity index (χ1) is 9.79. The van der Waals surface area contributed by atoms with E-state index in [9.17, 15) is 20.0 Å². The Morgan fingerprint density at radius 2 is 2.00 bits per heavy atom. The first kappa shape index (κ1) is 17.0. The van der Waals surface area contributed by atoms with Gasteiger partial charge in [0.2, 0.25) is 0 Å². The van der Waals surface area contributed by atoms with Crippen LogP contribution in [-0.2, 0) is 11.3 Å². The molecule has 1 heterocycles. The number of aryl methyl sites for hydroxylation is 1. The second-order valence-corrected chi connectivity index (χ2v) is 5.07. The zero-order valence-electron chi connectivity index (χ0n) is 12.8. The summed E-state index contributed by atoms with van der Waals surface area (Å²) in [7, 11) is 0. The highest BCUT2D eigenvalue weighted by Gasteiger charge is 2.34. The highest BCUT2D eigenvalue weighted by Crippen LogP contribution is 2.25. The largest absolute Gasteiger partial charge is 0.480 e. The van der Waals surface area contributed by atoms with Gasteiger partial charge >= 0.3 is 5.97 Å². The first-order valence-corrected chi connectivity index (χ1v) is 6.87. The molecule has 0 radical (unpaired) electrons. The Morgan fingerprint density at radius 1 is 1.43 bits per heavy atom. The summed E-state index contributed by atoms with van der Waals surface area (Å²) < 4.78 is 0. The van der Waals surface area contributed by atoms with Crippen LogP contribution in [0.15, 0.2) is 6.20 Å². The third kappa shape index (κ3) is 3.36. The molecule has 1 aromatic heterocycles. The molecule has 116 valence electrons. The number of nitrogens with one attached hydrogen (secondary N) is 1. The number of pyridine rings is 1. The monoisotopic (exact) mass is 295 g/mol. The van der Waals surface area contributed by atoms with E-state index >= 15 is 0 Å². The van der Waals surface area contributed by atoms with E-state index in [1.54, 1.807) is 27.7 Å². The number of nitrogens with zero attached hydrogens (tertiary/aromatic N) is 2. The second kappa shape index (κ2) is 6.62. The van der Waals surface area contributed by atoms with Crippen molar-refractivity contribution >= 4 is 11.7 Å². The Hall–Kier alpha value is -2.02. The Labute approximate surface area is 123 Å². The van der Waals surface area contributed by atoms with Gasteiger partial charge in [0.1, 0.15) is 5.54 Å². The lowest BCUT2D eigenvalue weighted by Crippen LogP contribution is -2.50. The van der Waals surface area contributed by atoms with Crippen LogP contribution in [-0.4, -0.2) is 26.5 Å². The molecular weight excluding hydrogens is 274 g/mol. The summed E-state index contributed by atoms with van der Waals surface area (Å²) in [6.07, 6.45) is 2.29. The smallest absolute Gasteiger partial charge is 0.323 e. The highest BCUT2D eigenvalue weighted by molar-refractivity contribution is 5.78. The number of carboxylic acids is 1. The van der Waals surface area contributed by atoms with E-state index in [1.165, 1.54) is 6.20 Å². The Morgan fingerprint density at radius 3 is 2.43 bits per heavy atom. The number of hydrogen-bond donors (Lipinski definition) is 2. The summed E-state index contributed by atoms with van der Waals surface area (Å²) in [4.78, 5) is 26.3. The fourth-order valence-corrected chi connectivity index (χ4v) is 2.36. The van der Waals surface area contributed by atoms with Crippen LogP contribution in [0.5, 0.6) is 0 Å². The van der Waals surface area contributed by atoms with E-state index in [0.29, 0.717) is 29.7 Å². The highest BCUT2D eigenvalue weighted by atomic mass is 16.6. The van der Waals surface area contributed by atoms with E-state index in [0.717, 1.165) is 0 Å². The van der Waals surface area contributed by atoms with Gasteiger partial charge in [0, 0.05) is 23.9 Å². The average molecular weight is 295 g/mol. The van der Waals surface area contributed by atoms with Crippen LogP contribution < -0.4 is 5.32 Å². The molecule has 0 aliphatic carbocycles. The molecule has 21 heavy (non-hydrogen) atoms. The molecule has 0 atom stereocenters. The third-order valence-electron chi connectivity index (χ3n) is 3.97. The molecule has 0 bridgehead atoms. The van der Waals surface area contributed by atoms with Crippen molar-refractivity contribution in [3.8, 4) is 0 Å². The molecule has 0 aromatic carbocycles. The second-order valence-electron chi connectivity index (χ2n) is 5.07. The molecule has 1 aromatic rings. The molecule has 1 rings (SSSR count). The standard InChI is InChI=1S/C14H21N3O4/c1-5-14(6-2,13(18)19)16-8-11-10(4)12(17(20)21)9(3)7-15-11/h7,16H,5-6,8H2,1-4H3,(H,18,19). The zero-order valence-corrected chi connectivity index (χ0v) is 12.8. The lowest BCUT2D eigenvalue weighted by atomic mass is 9.92. The fourth-order valence-electron chi connectivity index (χ4n) is 2.36. The number of nitro groups is 1. The molecule has 0 aliphatic rings. The van der Waals surface area contributed by atoms with E-state index < -0.39 is 16.4 Å². The van der Waals surface area contributed by atoms with Gasteiger partial charge in [0.05, 0.1) is 10.6 Å². The molecule has 0 unspecified atom stereocenters. The number of aromatic nitrogens is 1. The molecule has 0 saturated carbocycles. The van der Waals surface area contributed by atoms with Crippen molar-refractivity contribution < 1.29 is 14.8 Å². The molecule has 0 fully saturated rings. The van der Waals surface area contributed by atoms with Crippen molar-refractivity contribution in [1.82, 2.24) is 10.3 Å². The average Bonchev–Trinajstić information content (AvgIpc) is 2.41. The number of hydrogen-bond acceptors (Lipinski definition) is 5. The van der Waals surface area contributed by atoms with Crippen LogP contribution in [0.25, 0.3) is 0 Å².